The zero-order chi connectivity index (χ0) is 47.3. The molecule has 9 nitrogen and oxygen atoms in total. The van der Waals surface area contributed by atoms with Crippen LogP contribution in [0.15, 0.2) is 0 Å². The Morgan fingerprint density at radius 3 is 0.578 bits per heavy atom. The first kappa shape index (κ1) is 69.4. The van der Waals surface area contributed by atoms with Crippen LogP contribution in [0.4, 0.5) is 0 Å². The SMILES string of the molecule is CCCCCCCCCC(O)CCCCCCCC(=O)[O-].CCCCCCCCCC(O)CCCCCCCC(=O)[O-].CCCCCCCCCC(O)CCCCCCCC(=O)[O-].[Al+3]. The molecule has 378 valence electrons. The van der Waals surface area contributed by atoms with Crippen LogP contribution in [0.25, 0.3) is 0 Å². The predicted octanol–water partition coefficient (Wildman–Crippen LogP) is 11.5. The van der Waals surface area contributed by atoms with E-state index in [0.717, 1.165) is 154 Å². The van der Waals surface area contributed by atoms with Crippen LogP contribution < -0.4 is 15.3 Å². The topological polar surface area (TPSA) is 181 Å². The summed E-state index contributed by atoms with van der Waals surface area (Å²) in [4.78, 5) is 30.7. The number of aliphatic hydroxyl groups excluding tert-OH is 3. The second kappa shape index (κ2) is 59.8. The van der Waals surface area contributed by atoms with Crippen molar-refractivity contribution in [2.24, 2.45) is 0 Å². The van der Waals surface area contributed by atoms with E-state index in [4.69, 9.17) is 0 Å². The largest absolute Gasteiger partial charge is 3.00 e. The standard InChI is InChI=1S/3C18H36O3.Al/c3*1-2-3-4-5-6-8-11-14-17(19)15-12-9-7-10-13-16-18(20)21;/h3*17,19H,2-16H2,1H3,(H,20,21);/q;;;+3/p-3. The Labute approximate surface area is 406 Å². The molecule has 0 radical (unpaired) electrons. The molecule has 0 rings (SSSR count). The van der Waals surface area contributed by atoms with Crippen molar-refractivity contribution in [3.05, 3.63) is 0 Å². The monoisotopic (exact) mass is 925 g/mol. The molecular weight excluding hydrogens is 820 g/mol. The van der Waals surface area contributed by atoms with Crippen LogP contribution in [-0.4, -0.2) is 68.9 Å². The van der Waals surface area contributed by atoms with Gasteiger partial charge in [0.05, 0.1) is 18.3 Å². The molecule has 0 fully saturated rings. The minimum Gasteiger partial charge on any atom is -0.550 e. The van der Waals surface area contributed by atoms with Gasteiger partial charge in [-0.2, -0.15) is 0 Å². The first-order chi connectivity index (χ1) is 30.5. The van der Waals surface area contributed by atoms with E-state index in [9.17, 15) is 45.0 Å². The fraction of sp³-hybridized carbons (Fsp3) is 0.944. The molecule has 10 heteroatoms. The molecule has 0 saturated heterocycles. The predicted molar refractivity (Wildman–Crippen MR) is 264 cm³/mol. The van der Waals surface area contributed by atoms with Crippen molar-refractivity contribution < 1.29 is 45.0 Å². The number of carbonyl (C=O) groups excluding carboxylic acids is 3. The van der Waals surface area contributed by atoms with Gasteiger partial charge in [0.15, 0.2) is 0 Å². The number of carbonyl (C=O) groups is 3. The average molecular weight is 925 g/mol. The van der Waals surface area contributed by atoms with Crippen LogP contribution in [0.1, 0.15) is 310 Å². The van der Waals surface area contributed by atoms with Gasteiger partial charge in [0.2, 0.25) is 0 Å². The molecule has 0 aliphatic rings. The van der Waals surface area contributed by atoms with E-state index in [1.54, 1.807) is 0 Å². The van der Waals surface area contributed by atoms with Crippen molar-refractivity contribution in [3.63, 3.8) is 0 Å². The number of carboxylic acids is 3. The van der Waals surface area contributed by atoms with Gasteiger partial charge < -0.3 is 45.0 Å². The summed E-state index contributed by atoms with van der Waals surface area (Å²) >= 11 is 0. The Hall–Kier alpha value is -1.18. The third kappa shape index (κ3) is 69.9. The Bertz CT molecular complexity index is 807. The second-order valence-corrected chi connectivity index (χ2v) is 18.7. The van der Waals surface area contributed by atoms with E-state index < -0.39 is 17.9 Å². The maximum Gasteiger partial charge on any atom is 3.00 e. The maximum atomic E-state index is 10.2. The van der Waals surface area contributed by atoms with Gasteiger partial charge in [-0.25, -0.2) is 0 Å². The minimum absolute atomic E-state index is 0. The number of aliphatic hydroxyl groups is 3. The summed E-state index contributed by atoms with van der Waals surface area (Å²) in [6, 6.07) is 0. The third-order valence-corrected chi connectivity index (χ3v) is 12.2. The van der Waals surface area contributed by atoms with Crippen molar-refractivity contribution in [1.29, 1.82) is 0 Å². The first-order valence-corrected chi connectivity index (χ1v) is 27.1. The van der Waals surface area contributed by atoms with Gasteiger partial charge in [0, 0.05) is 17.9 Å². The summed E-state index contributed by atoms with van der Waals surface area (Å²) < 4.78 is 0. The first-order valence-electron chi connectivity index (χ1n) is 27.1. The second-order valence-electron chi connectivity index (χ2n) is 18.7. The molecule has 0 aliphatic heterocycles. The van der Waals surface area contributed by atoms with Crippen LogP contribution in [0, 0.1) is 0 Å². The molecule has 0 spiro atoms. The van der Waals surface area contributed by atoms with E-state index in [-0.39, 0.29) is 54.9 Å². The van der Waals surface area contributed by atoms with Crippen molar-refractivity contribution in [1.82, 2.24) is 0 Å². The van der Waals surface area contributed by atoms with Gasteiger partial charge in [-0.1, -0.05) is 233 Å². The van der Waals surface area contributed by atoms with Gasteiger partial charge in [0.1, 0.15) is 0 Å². The van der Waals surface area contributed by atoms with Crippen LogP contribution in [0.3, 0.4) is 0 Å². The minimum atomic E-state index is -0.944. The summed E-state index contributed by atoms with van der Waals surface area (Å²) in [6.45, 7) is 6.71. The van der Waals surface area contributed by atoms with Crippen molar-refractivity contribution in [2.45, 2.75) is 328 Å². The number of hydrogen-bond acceptors (Lipinski definition) is 9. The fourth-order valence-corrected chi connectivity index (χ4v) is 7.98. The fourth-order valence-electron chi connectivity index (χ4n) is 7.98. The van der Waals surface area contributed by atoms with Gasteiger partial charge in [0.25, 0.3) is 0 Å². The molecule has 0 amide bonds. The summed E-state index contributed by atoms with van der Waals surface area (Å²) in [7, 11) is 0. The zero-order valence-electron chi connectivity index (χ0n) is 42.4. The molecule has 0 bridgehead atoms. The molecule has 0 aromatic carbocycles. The van der Waals surface area contributed by atoms with Crippen molar-refractivity contribution in [3.8, 4) is 0 Å². The van der Waals surface area contributed by atoms with Gasteiger partial charge in [-0.05, 0) is 77.0 Å². The third-order valence-electron chi connectivity index (χ3n) is 12.2. The quantitative estimate of drug-likeness (QED) is 0.0395. The Morgan fingerprint density at radius 1 is 0.281 bits per heavy atom. The van der Waals surface area contributed by atoms with Gasteiger partial charge in [-0.3, -0.25) is 0 Å². The molecule has 0 saturated carbocycles. The van der Waals surface area contributed by atoms with E-state index in [1.165, 1.54) is 116 Å². The molecule has 0 aliphatic carbocycles. The summed E-state index contributed by atoms with van der Waals surface area (Å²) in [5.41, 5.74) is 0. The molecule has 3 N–H and O–H groups in total. The molecular formula is C54H105AlO9. The Kier molecular flexibility index (Phi) is 64.9. The number of hydrogen-bond donors (Lipinski definition) is 3. The van der Waals surface area contributed by atoms with E-state index in [0.29, 0.717) is 0 Å². The summed E-state index contributed by atoms with van der Waals surface area (Å²) in [5.74, 6) is -2.83. The molecule has 64 heavy (non-hydrogen) atoms. The van der Waals surface area contributed by atoms with Gasteiger partial charge >= 0.3 is 17.4 Å². The summed E-state index contributed by atoms with van der Waals surface area (Å²) in [6.07, 6.45) is 47.6. The maximum absolute atomic E-state index is 10.2. The normalized spacial score (nSPS) is 12.3. The number of rotatable bonds is 48. The van der Waals surface area contributed by atoms with Crippen LogP contribution >= 0.6 is 0 Å². The zero-order valence-corrected chi connectivity index (χ0v) is 43.6. The van der Waals surface area contributed by atoms with Crippen molar-refractivity contribution in [2.75, 3.05) is 0 Å². The van der Waals surface area contributed by atoms with Crippen LogP contribution in [0.2, 0.25) is 0 Å². The van der Waals surface area contributed by atoms with E-state index in [1.807, 2.05) is 0 Å². The van der Waals surface area contributed by atoms with Crippen molar-refractivity contribution >= 4 is 35.3 Å². The smallest absolute Gasteiger partial charge is 0.550 e. The Balaban J connectivity index is -0.000000419. The van der Waals surface area contributed by atoms with Gasteiger partial charge in [-0.15, -0.1) is 0 Å². The van der Waals surface area contributed by atoms with Crippen LogP contribution in [0.5, 0.6) is 0 Å². The van der Waals surface area contributed by atoms with Crippen LogP contribution in [-0.2, 0) is 14.4 Å². The molecule has 0 heterocycles. The van der Waals surface area contributed by atoms with E-state index in [2.05, 4.69) is 20.8 Å². The summed E-state index contributed by atoms with van der Waals surface area (Å²) in [5, 5.41) is 60.3. The Morgan fingerprint density at radius 2 is 0.422 bits per heavy atom. The molecule has 0 aromatic rings. The number of aliphatic carboxylic acids is 3. The molecule has 3 atom stereocenters. The number of unbranched alkanes of at least 4 members (excludes halogenated alkanes) is 30. The molecule has 3 unspecified atom stereocenters. The average Bonchev–Trinajstić information content (AvgIpc) is 3.24. The van der Waals surface area contributed by atoms with E-state index >= 15 is 0 Å². The molecule has 0 aromatic heterocycles. The number of carboxylic acid groups (broad SMARTS) is 3.